The van der Waals surface area contributed by atoms with Gasteiger partial charge in [0.05, 0.1) is 16.7 Å². The molecule has 1 amide bonds. The van der Waals surface area contributed by atoms with Gasteiger partial charge in [-0.1, -0.05) is 37.1 Å². The lowest BCUT2D eigenvalue weighted by Gasteiger charge is -2.30. The molecule has 1 heterocycles. The third-order valence-electron chi connectivity index (χ3n) is 7.01. The maximum Gasteiger partial charge on any atom is 0.224 e. The minimum absolute atomic E-state index is 0.0541. The van der Waals surface area contributed by atoms with Crippen molar-refractivity contribution in [3.63, 3.8) is 0 Å². The van der Waals surface area contributed by atoms with Gasteiger partial charge in [-0.25, -0.2) is 8.42 Å². The number of piperidine rings is 1. The number of rotatable bonds is 8. The highest BCUT2D eigenvalue weighted by Gasteiger charge is 2.34. The molecule has 2 atom stereocenters. The fourth-order valence-corrected chi connectivity index (χ4v) is 6.78. The van der Waals surface area contributed by atoms with Crippen LogP contribution in [0.3, 0.4) is 0 Å². The van der Waals surface area contributed by atoms with Gasteiger partial charge in [0.2, 0.25) is 5.91 Å². The fraction of sp³-hybridized carbons (Fsp3) is 0.481. The number of nitrogens with one attached hydrogen (secondary N) is 2. The lowest BCUT2D eigenvalue weighted by molar-refractivity contribution is -0.127. The molecule has 0 aromatic heterocycles. The molecule has 1 saturated carbocycles. The van der Waals surface area contributed by atoms with Crippen molar-refractivity contribution in [2.24, 2.45) is 11.8 Å². The molecule has 0 spiro atoms. The van der Waals surface area contributed by atoms with E-state index in [1.54, 1.807) is 12.1 Å². The van der Waals surface area contributed by atoms with E-state index in [9.17, 15) is 13.2 Å². The molecule has 2 aromatic carbocycles. The Morgan fingerprint density at radius 3 is 2.26 bits per heavy atom. The molecule has 2 aromatic rings. The quantitative estimate of drug-likeness (QED) is 0.541. The van der Waals surface area contributed by atoms with Crippen LogP contribution in [0.4, 0.5) is 0 Å². The number of sulfone groups is 1. The van der Waals surface area contributed by atoms with Gasteiger partial charge in [0, 0.05) is 5.92 Å². The summed E-state index contributed by atoms with van der Waals surface area (Å²) in [5.41, 5.74) is 1.93. The summed E-state index contributed by atoms with van der Waals surface area (Å²) in [6, 6.07) is 16.8. The number of nitrogens with zero attached hydrogens (tertiary/aromatic N) is 1. The summed E-state index contributed by atoms with van der Waals surface area (Å²) < 4.78 is 32.4. The molecular formula is C27H33N3O4S. The molecule has 2 N–H and O–H groups in total. The summed E-state index contributed by atoms with van der Waals surface area (Å²) in [6.45, 7) is 1.91. The number of amides is 1. The van der Waals surface area contributed by atoms with Crippen molar-refractivity contribution in [3.8, 4) is 22.9 Å². The Kier molecular flexibility index (Phi) is 8.42. The second-order valence-electron chi connectivity index (χ2n) is 9.42. The van der Waals surface area contributed by atoms with Crippen LogP contribution in [0.15, 0.2) is 53.4 Å². The Hall–Kier alpha value is -2.89. The molecule has 0 bridgehead atoms. The van der Waals surface area contributed by atoms with Gasteiger partial charge in [-0.05, 0) is 80.1 Å². The average Bonchev–Trinajstić information content (AvgIpc) is 2.88. The van der Waals surface area contributed by atoms with E-state index in [2.05, 4.69) is 10.6 Å². The van der Waals surface area contributed by atoms with Crippen LogP contribution < -0.4 is 15.4 Å². The third-order valence-corrected chi connectivity index (χ3v) is 8.87. The molecule has 8 heteroatoms. The molecule has 4 rings (SSSR count). The van der Waals surface area contributed by atoms with Gasteiger partial charge in [-0.3, -0.25) is 4.79 Å². The van der Waals surface area contributed by atoms with Gasteiger partial charge in [0.15, 0.2) is 9.84 Å². The molecule has 1 saturated heterocycles. The van der Waals surface area contributed by atoms with Crippen molar-refractivity contribution in [2.75, 3.05) is 25.4 Å². The Labute approximate surface area is 207 Å². The van der Waals surface area contributed by atoms with Gasteiger partial charge in [-0.2, -0.15) is 5.26 Å². The lowest BCUT2D eigenvalue weighted by atomic mass is 9.80. The van der Waals surface area contributed by atoms with Gasteiger partial charge >= 0.3 is 0 Å². The number of benzene rings is 2. The topological polar surface area (TPSA) is 108 Å². The van der Waals surface area contributed by atoms with Crippen LogP contribution in [-0.2, 0) is 14.6 Å². The van der Waals surface area contributed by atoms with Crippen molar-refractivity contribution in [2.45, 2.75) is 49.5 Å². The molecule has 7 nitrogen and oxygen atoms in total. The Morgan fingerprint density at radius 1 is 0.971 bits per heavy atom. The molecule has 186 valence electrons. The van der Waals surface area contributed by atoms with E-state index in [1.165, 1.54) is 0 Å². The second kappa shape index (κ2) is 11.7. The number of carbonyl (C=O) groups is 1. The van der Waals surface area contributed by atoms with Gasteiger partial charge < -0.3 is 15.4 Å². The molecule has 2 aliphatic rings. The predicted molar refractivity (Wildman–Crippen MR) is 135 cm³/mol. The van der Waals surface area contributed by atoms with Crippen molar-refractivity contribution < 1.29 is 17.9 Å². The minimum atomic E-state index is -3.54. The molecule has 1 aliphatic heterocycles. The predicted octanol–water partition coefficient (Wildman–Crippen LogP) is 3.70. The maximum absolute atomic E-state index is 13.2. The lowest BCUT2D eigenvalue weighted by Crippen LogP contribution is -2.39. The van der Waals surface area contributed by atoms with E-state index >= 15 is 0 Å². The van der Waals surface area contributed by atoms with Gasteiger partial charge in [-0.15, -0.1) is 0 Å². The first-order valence-corrected chi connectivity index (χ1v) is 14.1. The Balaban J connectivity index is 1.40. The first-order chi connectivity index (χ1) is 17.0. The molecule has 1 aliphatic carbocycles. The van der Waals surface area contributed by atoms with Crippen molar-refractivity contribution in [1.82, 2.24) is 10.6 Å². The summed E-state index contributed by atoms with van der Waals surface area (Å²) in [6.07, 6.45) is 5.43. The van der Waals surface area contributed by atoms with Crippen LogP contribution in [0, 0.1) is 23.2 Å². The standard InChI is InChI=1S/C27H33N3O4S/c28-15-18-30-27(31)26-4-2-1-3-22(26)19-35(32,33)25-11-7-21(8-12-25)20-5-9-23(10-6-20)34-24-13-16-29-17-14-24/h5-12,22,24,26,29H,1-4,13-14,16-19H2,(H,30,31). The zero-order chi connectivity index (χ0) is 24.7. The van der Waals surface area contributed by atoms with Crippen molar-refractivity contribution >= 4 is 15.7 Å². The highest BCUT2D eigenvalue weighted by atomic mass is 32.2. The van der Waals surface area contributed by atoms with Gasteiger partial charge in [0.25, 0.3) is 0 Å². The largest absolute Gasteiger partial charge is 0.490 e. The minimum Gasteiger partial charge on any atom is -0.490 e. The van der Waals surface area contributed by atoms with Crippen molar-refractivity contribution in [3.05, 3.63) is 48.5 Å². The van der Waals surface area contributed by atoms with Crippen LogP contribution in [0.25, 0.3) is 11.1 Å². The first-order valence-electron chi connectivity index (χ1n) is 12.4. The van der Waals surface area contributed by atoms with E-state index in [-0.39, 0.29) is 41.0 Å². The number of nitriles is 1. The van der Waals surface area contributed by atoms with Crippen LogP contribution >= 0.6 is 0 Å². The van der Waals surface area contributed by atoms with Crippen LogP contribution in [0.2, 0.25) is 0 Å². The van der Waals surface area contributed by atoms with Gasteiger partial charge in [0.1, 0.15) is 18.4 Å². The van der Waals surface area contributed by atoms with Crippen LogP contribution in [0.1, 0.15) is 38.5 Å². The number of hydrogen-bond donors (Lipinski definition) is 2. The van der Waals surface area contributed by atoms with E-state index in [0.717, 1.165) is 55.6 Å². The van der Waals surface area contributed by atoms with Crippen molar-refractivity contribution in [1.29, 1.82) is 5.26 Å². The maximum atomic E-state index is 13.2. The highest BCUT2D eigenvalue weighted by Crippen LogP contribution is 2.33. The van der Waals surface area contributed by atoms with Crippen LogP contribution in [0.5, 0.6) is 5.75 Å². The molecular weight excluding hydrogens is 462 g/mol. The summed E-state index contributed by atoms with van der Waals surface area (Å²) in [7, 11) is -3.54. The highest BCUT2D eigenvalue weighted by molar-refractivity contribution is 7.91. The number of carbonyl (C=O) groups excluding carboxylic acids is 1. The SMILES string of the molecule is N#CCNC(=O)C1CCCCC1CS(=O)(=O)c1ccc(-c2ccc(OC3CCNCC3)cc2)cc1. The normalized spacial score (nSPS) is 21.1. The molecule has 35 heavy (non-hydrogen) atoms. The van der Waals surface area contributed by atoms with Crippen LogP contribution in [-0.4, -0.2) is 45.8 Å². The van der Waals surface area contributed by atoms with E-state index < -0.39 is 9.84 Å². The molecule has 2 fully saturated rings. The zero-order valence-electron chi connectivity index (χ0n) is 19.9. The fourth-order valence-electron chi connectivity index (χ4n) is 5.07. The summed E-state index contributed by atoms with van der Waals surface area (Å²) >= 11 is 0. The number of ether oxygens (including phenoxy) is 1. The number of hydrogen-bond acceptors (Lipinski definition) is 6. The monoisotopic (exact) mass is 495 g/mol. The first kappa shape index (κ1) is 25.2. The summed E-state index contributed by atoms with van der Waals surface area (Å²) in [4.78, 5) is 12.7. The Bertz CT molecular complexity index is 1130. The second-order valence-corrected chi connectivity index (χ2v) is 11.5. The summed E-state index contributed by atoms with van der Waals surface area (Å²) in [5.74, 6) is -0.0221. The third kappa shape index (κ3) is 6.62. The van der Waals surface area contributed by atoms with E-state index in [1.807, 2.05) is 42.5 Å². The average molecular weight is 496 g/mol. The molecule has 2 unspecified atom stereocenters. The summed E-state index contributed by atoms with van der Waals surface area (Å²) in [5, 5.41) is 14.7. The zero-order valence-corrected chi connectivity index (χ0v) is 20.7. The Morgan fingerprint density at radius 2 is 1.60 bits per heavy atom. The van der Waals surface area contributed by atoms with E-state index in [0.29, 0.717) is 12.8 Å². The smallest absolute Gasteiger partial charge is 0.224 e. The van der Waals surface area contributed by atoms with E-state index in [4.69, 9.17) is 10.00 Å². The molecule has 0 radical (unpaired) electrons.